The summed E-state index contributed by atoms with van der Waals surface area (Å²) >= 11 is 0. The van der Waals surface area contributed by atoms with E-state index < -0.39 is 23.4 Å². The fraction of sp³-hybridized carbons (Fsp3) is 0.222. The molecular formula is C27H23F2N5O. The molecule has 3 N–H and O–H groups in total. The maximum Gasteiger partial charge on any atom is 0.297 e. The minimum absolute atomic E-state index is 0.343. The first kappa shape index (κ1) is 21.8. The Balaban J connectivity index is 1.54. The van der Waals surface area contributed by atoms with Gasteiger partial charge in [-0.05, 0) is 49.1 Å². The van der Waals surface area contributed by atoms with Crippen LogP contribution in [0.3, 0.4) is 0 Å². The Bertz CT molecular complexity index is 1550. The van der Waals surface area contributed by atoms with Gasteiger partial charge in [0.25, 0.3) is 6.43 Å². The van der Waals surface area contributed by atoms with E-state index in [9.17, 15) is 13.9 Å². The van der Waals surface area contributed by atoms with Gasteiger partial charge in [-0.25, -0.2) is 13.8 Å². The van der Waals surface area contributed by atoms with Gasteiger partial charge in [0.15, 0.2) is 5.65 Å². The van der Waals surface area contributed by atoms with Crippen molar-refractivity contribution < 1.29 is 13.9 Å². The summed E-state index contributed by atoms with van der Waals surface area (Å²) in [4.78, 5) is 4.91. The first-order valence-electron chi connectivity index (χ1n) is 11.4. The van der Waals surface area contributed by atoms with Gasteiger partial charge in [-0.1, -0.05) is 54.6 Å². The van der Waals surface area contributed by atoms with Gasteiger partial charge in [-0.2, -0.15) is 0 Å². The summed E-state index contributed by atoms with van der Waals surface area (Å²) in [6, 6.07) is 22.9. The van der Waals surface area contributed by atoms with Crippen molar-refractivity contribution in [3.63, 3.8) is 0 Å². The number of fused-ring (bicyclic) bond motifs is 3. The van der Waals surface area contributed by atoms with Crippen LogP contribution in [0.5, 0.6) is 0 Å². The standard InChI is InChI=1S/C27H23F2N5O/c1-26(35)14-27(30,15-26)18-9-7-17(8-10-18)23-19(16-5-3-2-4-6-16)13-21-20(31-23)11-12-22-32-33-25(24(28)29)34(21)22/h2-13,24,35H,14-15,30H2,1H3/t26-,27+. The Morgan fingerprint density at radius 3 is 2.31 bits per heavy atom. The number of nitrogens with two attached hydrogens (primary N) is 1. The number of aromatic nitrogens is 4. The van der Waals surface area contributed by atoms with Crippen LogP contribution in [0.1, 0.15) is 37.6 Å². The average molecular weight is 472 g/mol. The molecule has 1 aliphatic carbocycles. The Kier molecular flexibility index (Phi) is 4.74. The highest BCUT2D eigenvalue weighted by molar-refractivity contribution is 5.91. The highest BCUT2D eigenvalue weighted by Crippen LogP contribution is 2.46. The second-order valence-electron chi connectivity index (χ2n) is 9.62. The number of halogens is 2. The van der Waals surface area contributed by atoms with E-state index in [0.717, 1.165) is 27.9 Å². The Morgan fingerprint density at radius 1 is 0.943 bits per heavy atom. The monoisotopic (exact) mass is 471 g/mol. The Morgan fingerprint density at radius 2 is 1.66 bits per heavy atom. The zero-order valence-electron chi connectivity index (χ0n) is 19.0. The summed E-state index contributed by atoms with van der Waals surface area (Å²) in [6.07, 6.45) is -1.76. The summed E-state index contributed by atoms with van der Waals surface area (Å²) < 4.78 is 28.7. The summed E-state index contributed by atoms with van der Waals surface area (Å²) in [6.45, 7) is 1.80. The predicted molar refractivity (Wildman–Crippen MR) is 130 cm³/mol. The number of alkyl halides is 2. The van der Waals surface area contributed by atoms with E-state index in [-0.39, 0.29) is 0 Å². The van der Waals surface area contributed by atoms with Gasteiger partial charge in [0.05, 0.1) is 22.3 Å². The summed E-state index contributed by atoms with van der Waals surface area (Å²) in [5.74, 6) is -0.409. The van der Waals surface area contributed by atoms with Crippen LogP contribution in [0.2, 0.25) is 0 Å². The predicted octanol–water partition coefficient (Wildman–Crippen LogP) is 5.25. The quantitative estimate of drug-likeness (QED) is 0.374. The molecule has 1 aliphatic rings. The number of aliphatic hydroxyl groups is 1. The lowest BCUT2D eigenvalue weighted by Gasteiger charge is -2.49. The molecule has 6 rings (SSSR count). The Labute approximate surface area is 200 Å². The van der Waals surface area contributed by atoms with E-state index in [1.54, 1.807) is 19.1 Å². The highest BCUT2D eigenvalue weighted by Gasteiger charge is 2.49. The third kappa shape index (κ3) is 3.57. The van der Waals surface area contributed by atoms with Crippen LogP contribution in [0.25, 0.3) is 39.1 Å². The lowest BCUT2D eigenvalue weighted by atomic mass is 9.63. The number of rotatable bonds is 4. The third-order valence-corrected chi connectivity index (χ3v) is 6.78. The van der Waals surface area contributed by atoms with Crippen LogP contribution in [-0.2, 0) is 5.54 Å². The molecule has 5 aromatic rings. The molecule has 0 aliphatic heterocycles. The molecule has 0 spiro atoms. The van der Waals surface area contributed by atoms with Gasteiger partial charge in [-0.15, -0.1) is 10.2 Å². The second kappa shape index (κ2) is 7.63. The van der Waals surface area contributed by atoms with Crippen molar-refractivity contribution in [3.05, 3.63) is 84.2 Å². The van der Waals surface area contributed by atoms with E-state index in [1.807, 2.05) is 60.7 Å². The van der Waals surface area contributed by atoms with Crippen molar-refractivity contribution in [3.8, 4) is 22.4 Å². The van der Waals surface area contributed by atoms with Crippen LogP contribution < -0.4 is 5.73 Å². The van der Waals surface area contributed by atoms with Crippen molar-refractivity contribution in [1.29, 1.82) is 0 Å². The number of hydrogen-bond acceptors (Lipinski definition) is 5. The van der Waals surface area contributed by atoms with Crippen LogP contribution in [0.4, 0.5) is 8.78 Å². The van der Waals surface area contributed by atoms with Crippen molar-refractivity contribution in [2.45, 2.75) is 37.3 Å². The molecule has 1 saturated carbocycles. The molecule has 35 heavy (non-hydrogen) atoms. The van der Waals surface area contributed by atoms with Gasteiger partial charge in [0, 0.05) is 16.7 Å². The molecule has 3 heterocycles. The number of hydrogen-bond donors (Lipinski definition) is 2. The van der Waals surface area contributed by atoms with E-state index in [0.29, 0.717) is 29.5 Å². The molecule has 1 fully saturated rings. The number of nitrogens with zero attached hydrogens (tertiary/aromatic N) is 4. The molecule has 6 nitrogen and oxygen atoms in total. The normalized spacial score (nSPS) is 22.1. The van der Waals surface area contributed by atoms with Crippen molar-refractivity contribution in [2.75, 3.05) is 0 Å². The number of benzene rings is 2. The number of pyridine rings is 2. The highest BCUT2D eigenvalue weighted by atomic mass is 19.3. The van der Waals surface area contributed by atoms with E-state index in [2.05, 4.69) is 10.2 Å². The molecule has 3 aromatic heterocycles. The van der Waals surface area contributed by atoms with Crippen molar-refractivity contribution in [2.24, 2.45) is 5.73 Å². The van der Waals surface area contributed by atoms with Gasteiger partial charge in [0.2, 0.25) is 5.82 Å². The fourth-order valence-electron chi connectivity index (χ4n) is 5.31. The topological polar surface area (TPSA) is 89.3 Å². The molecule has 0 bridgehead atoms. The molecule has 0 atom stereocenters. The molecule has 0 amide bonds. The maximum atomic E-state index is 13.7. The Hall–Kier alpha value is -3.75. The van der Waals surface area contributed by atoms with Crippen LogP contribution in [0, 0.1) is 0 Å². The van der Waals surface area contributed by atoms with Crippen molar-refractivity contribution >= 4 is 16.7 Å². The molecule has 176 valence electrons. The van der Waals surface area contributed by atoms with Gasteiger partial charge in [0.1, 0.15) is 0 Å². The van der Waals surface area contributed by atoms with E-state index in [1.165, 1.54) is 4.40 Å². The van der Waals surface area contributed by atoms with Crippen LogP contribution in [-0.4, -0.2) is 30.3 Å². The zero-order valence-corrected chi connectivity index (χ0v) is 19.0. The minimum Gasteiger partial charge on any atom is -0.390 e. The summed E-state index contributed by atoms with van der Waals surface area (Å²) in [5, 5.41) is 17.8. The third-order valence-electron chi connectivity index (χ3n) is 6.78. The first-order valence-corrected chi connectivity index (χ1v) is 11.4. The summed E-state index contributed by atoms with van der Waals surface area (Å²) in [7, 11) is 0. The average Bonchev–Trinajstić information content (AvgIpc) is 3.28. The first-order chi connectivity index (χ1) is 16.7. The lowest BCUT2D eigenvalue weighted by molar-refractivity contribution is -0.0738. The van der Waals surface area contributed by atoms with Gasteiger partial charge < -0.3 is 10.8 Å². The smallest absolute Gasteiger partial charge is 0.297 e. The van der Waals surface area contributed by atoms with E-state index >= 15 is 0 Å². The zero-order chi connectivity index (χ0) is 24.4. The maximum absolute atomic E-state index is 13.7. The van der Waals surface area contributed by atoms with E-state index in [4.69, 9.17) is 10.7 Å². The molecule has 0 saturated heterocycles. The molecular weight excluding hydrogens is 448 g/mol. The lowest BCUT2D eigenvalue weighted by Crippen LogP contribution is -2.58. The minimum atomic E-state index is -2.76. The fourth-order valence-corrected chi connectivity index (χ4v) is 5.31. The molecule has 0 radical (unpaired) electrons. The van der Waals surface area contributed by atoms with Crippen molar-refractivity contribution in [1.82, 2.24) is 19.6 Å². The van der Waals surface area contributed by atoms with Gasteiger partial charge in [-0.3, -0.25) is 4.40 Å². The molecule has 8 heteroatoms. The SMILES string of the molecule is C[C@]1(O)C[C@](N)(c2ccc(-c3nc4ccc5nnc(C(F)F)n5c4cc3-c3ccccc3)cc2)C1. The molecule has 0 unspecified atom stereocenters. The second-order valence-corrected chi connectivity index (χ2v) is 9.62. The summed E-state index contributed by atoms with van der Waals surface area (Å²) in [5.41, 5.74) is 10.9. The van der Waals surface area contributed by atoms with Gasteiger partial charge >= 0.3 is 0 Å². The molecule has 2 aromatic carbocycles. The largest absolute Gasteiger partial charge is 0.390 e. The van der Waals surface area contributed by atoms with Crippen LogP contribution >= 0.6 is 0 Å². The van der Waals surface area contributed by atoms with Crippen LogP contribution in [0.15, 0.2) is 72.8 Å².